The molecule has 2 aromatic rings. The van der Waals surface area contributed by atoms with E-state index < -0.39 is 0 Å². The van der Waals surface area contributed by atoms with Gasteiger partial charge in [0.05, 0.1) is 5.69 Å². The van der Waals surface area contributed by atoms with E-state index in [-0.39, 0.29) is 0 Å². The van der Waals surface area contributed by atoms with E-state index in [1.54, 1.807) is 16.4 Å². The minimum absolute atomic E-state index is 0.706. The number of nitrogens with two attached hydrogens (primary N) is 1. The summed E-state index contributed by atoms with van der Waals surface area (Å²) >= 11 is 1.55. The molecule has 3 N–H and O–H groups in total. The van der Waals surface area contributed by atoms with Crippen molar-refractivity contribution >= 4 is 17.6 Å². The number of aromatic nitrogens is 5. The van der Waals surface area contributed by atoms with Crippen LogP contribution in [0.25, 0.3) is 0 Å². The molecular formula is C9H14N6S. The topological polar surface area (TPSA) is 85.4 Å². The maximum Gasteiger partial charge on any atom is 0.208 e. The van der Waals surface area contributed by atoms with Crippen molar-refractivity contribution in [2.45, 2.75) is 24.8 Å². The number of H-pyrrole nitrogens is 1. The first kappa shape index (κ1) is 11.0. The number of anilines is 1. The van der Waals surface area contributed by atoms with Crippen molar-refractivity contribution in [3.63, 3.8) is 0 Å². The van der Waals surface area contributed by atoms with Crippen molar-refractivity contribution in [1.82, 2.24) is 25.0 Å². The number of hydrogen-bond donors (Lipinski definition) is 2. The standard InChI is InChI=1S/C9H14N6S/c1-5-7(8(10)15(3)14-5)4-16-9-11-6(2)12-13-9/h4,10H2,1-3H3,(H,11,12,13). The van der Waals surface area contributed by atoms with Crippen molar-refractivity contribution in [3.8, 4) is 0 Å². The monoisotopic (exact) mass is 238 g/mol. The summed E-state index contributed by atoms with van der Waals surface area (Å²) in [4.78, 5) is 4.22. The van der Waals surface area contributed by atoms with Gasteiger partial charge in [0.2, 0.25) is 5.16 Å². The fourth-order valence-electron chi connectivity index (χ4n) is 1.42. The number of thioether (sulfide) groups is 1. The molecule has 0 aliphatic heterocycles. The Morgan fingerprint density at radius 3 is 2.69 bits per heavy atom. The number of nitrogen functional groups attached to an aromatic ring is 1. The zero-order valence-electron chi connectivity index (χ0n) is 9.48. The Kier molecular flexibility index (Phi) is 2.86. The molecule has 0 fully saturated rings. The number of hydrogen-bond acceptors (Lipinski definition) is 5. The van der Waals surface area contributed by atoms with Gasteiger partial charge in [-0.1, -0.05) is 11.8 Å². The van der Waals surface area contributed by atoms with Crippen LogP contribution in [0.3, 0.4) is 0 Å². The second-order valence-electron chi connectivity index (χ2n) is 3.56. The molecule has 0 spiro atoms. The molecule has 0 saturated heterocycles. The first-order valence-electron chi connectivity index (χ1n) is 4.87. The Morgan fingerprint density at radius 2 is 2.19 bits per heavy atom. The maximum absolute atomic E-state index is 5.91. The highest BCUT2D eigenvalue weighted by Gasteiger charge is 2.11. The van der Waals surface area contributed by atoms with Crippen LogP contribution in [-0.4, -0.2) is 25.0 Å². The van der Waals surface area contributed by atoms with Crippen LogP contribution in [0.15, 0.2) is 5.16 Å². The predicted molar refractivity (Wildman–Crippen MR) is 63.0 cm³/mol. The first-order valence-corrected chi connectivity index (χ1v) is 5.86. The molecule has 2 aromatic heterocycles. The fourth-order valence-corrected chi connectivity index (χ4v) is 2.36. The van der Waals surface area contributed by atoms with E-state index in [0.717, 1.165) is 28.0 Å². The normalized spacial score (nSPS) is 10.9. The van der Waals surface area contributed by atoms with E-state index >= 15 is 0 Å². The SMILES string of the molecule is Cc1nc(SCc2c(C)nn(C)c2N)n[nH]1. The molecule has 7 heteroatoms. The van der Waals surface area contributed by atoms with E-state index in [2.05, 4.69) is 20.3 Å². The molecule has 0 saturated carbocycles. The van der Waals surface area contributed by atoms with Crippen molar-refractivity contribution in [2.75, 3.05) is 5.73 Å². The van der Waals surface area contributed by atoms with Gasteiger partial charge in [-0.25, -0.2) is 4.98 Å². The zero-order chi connectivity index (χ0) is 11.7. The number of aromatic amines is 1. The summed E-state index contributed by atoms with van der Waals surface area (Å²) in [6.45, 7) is 3.83. The largest absolute Gasteiger partial charge is 0.384 e. The Morgan fingerprint density at radius 1 is 1.44 bits per heavy atom. The van der Waals surface area contributed by atoms with E-state index in [1.807, 2.05) is 20.9 Å². The minimum Gasteiger partial charge on any atom is -0.384 e. The van der Waals surface area contributed by atoms with E-state index in [0.29, 0.717) is 5.82 Å². The Bertz CT molecular complexity index is 500. The van der Waals surface area contributed by atoms with Crippen LogP contribution in [0.4, 0.5) is 5.82 Å². The average molecular weight is 238 g/mol. The van der Waals surface area contributed by atoms with Gasteiger partial charge in [-0.15, -0.1) is 5.10 Å². The molecule has 16 heavy (non-hydrogen) atoms. The van der Waals surface area contributed by atoms with Crippen LogP contribution in [0, 0.1) is 13.8 Å². The number of rotatable bonds is 3. The lowest BCUT2D eigenvalue weighted by molar-refractivity contribution is 0.767. The average Bonchev–Trinajstić information content (AvgIpc) is 2.72. The van der Waals surface area contributed by atoms with Gasteiger partial charge in [-0.05, 0) is 13.8 Å². The lowest BCUT2D eigenvalue weighted by atomic mass is 10.3. The zero-order valence-corrected chi connectivity index (χ0v) is 10.3. The van der Waals surface area contributed by atoms with Crippen molar-refractivity contribution in [2.24, 2.45) is 7.05 Å². The second-order valence-corrected chi connectivity index (χ2v) is 4.51. The van der Waals surface area contributed by atoms with Crippen LogP contribution < -0.4 is 5.73 Å². The third kappa shape index (κ3) is 2.04. The number of aryl methyl sites for hydroxylation is 3. The number of nitrogens with zero attached hydrogens (tertiary/aromatic N) is 4. The van der Waals surface area contributed by atoms with Gasteiger partial charge >= 0.3 is 0 Å². The van der Waals surface area contributed by atoms with Crippen LogP contribution in [-0.2, 0) is 12.8 Å². The number of nitrogens with one attached hydrogen (secondary N) is 1. The highest BCUT2D eigenvalue weighted by atomic mass is 32.2. The van der Waals surface area contributed by atoms with Crippen molar-refractivity contribution in [1.29, 1.82) is 0 Å². The molecular weight excluding hydrogens is 224 g/mol. The summed E-state index contributed by atoms with van der Waals surface area (Å²) in [5.41, 5.74) is 7.92. The van der Waals surface area contributed by atoms with E-state index in [4.69, 9.17) is 5.73 Å². The highest BCUT2D eigenvalue weighted by molar-refractivity contribution is 7.98. The molecule has 0 radical (unpaired) electrons. The minimum atomic E-state index is 0.706. The van der Waals surface area contributed by atoms with Crippen LogP contribution >= 0.6 is 11.8 Å². The fraction of sp³-hybridized carbons (Fsp3) is 0.444. The Labute approximate surface area is 97.6 Å². The molecule has 0 aliphatic carbocycles. The summed E-state index contributed by atoms with van der Waals surface area (Å²) in [5, 5.41) is 11.9. The van der Waals surface area contributed by atoms with Gasteiger partial charge in [0.25, 0.3) is 0 Å². The van der Waals surface area contributed by atoms with Gasteiger partial charge in [0, 0.05) is 18.4 Å². The molecule has 0 aromatic carbocycles. The molecule has 6 nitrogen and oxygen atoms in total. The smallest absolute Gasteiger partial charge is 0.208 e. The highest BCUT2D eigenvalue weighted by Crippen LogP contribution is 2.24. The predicted octanol–water partition coefficient (Wildman–Crippen LogP) is 1.03. The third-order valence-corrected chi connectivity index (χ3v) is 3.19. The van der Waals surface area contributed by atoms with E-state index in [9.17, 15) is 0 Å². The van der Waals surface area contributed by atoms with Crippen molar-refractivity contribution in [3.05, 3.63) is 17.1 Å². The summed E-state index contributed by atoms with van der Waals surface area (Å²) in [6, 6.07) is 0. The Hall–Kier alpha value is -1.50. The Balaban J connectivity index is 2.10. The van der Waals surface area contributed by atoms with E-state index in [1.165, 1.54) is 0 Å². The maximum atomic E-state index is 5.91. The van der Waals surface area contributed by atoms with Gasteiger partial charge < -0.3 is 5.73 Å². The molecule has 0 atom stereocenters. The van der Waals surface area contributed by atoms with Gasteiger partial charge in [0.15, 0.2) is 0 Å². The summed E-state index contributed by atoms with van der Waals surface area (Å²) in [6.07, 6.45) is 0. The summed E-state index contributed by atoms with van der Waals surface area (Å²) in [7, 11) is 1.84. The van der Waals surface area contributed by atoms with Crippen LogP contribution in [0.1, 0.15) is 17.1 Å². The molecule has 0 amide bonds. The third-order valence-electron chi connectivity index (χ3n) is 2.32. The van der Waals surface area contributed by atoms with Crippen LogP contribution in [0.5, 0.6) is 0 Å². The van der Waals surface area contributed by atoms with Gasteiger partial charge in [-0.3, -0.25) is 9.78 Å². The molecule has 2 rings (SSSR count). The van der Waals surface area contributed by atoms with Crippen molar-refractivity contribution < 1.29 is 0 Å². The second kappa shape index (κ2) is 4.17. The lowest BCUT2D eigenvalue weighted by Crippen LogP contribution is -1.99. The van der Waals surface area contributed by atoms with Crippen LogP contribution in [0.2, 0.25) is 0 Å². The molecule has 0 unspecified atom stereocenters. The molecule has 0 aliphatic rings. The molecule has 0 bridgehead atoms. The first-order chi connectivity index (χ1) is 7.58. The molecule has 2 heterocycles. The van der Waals surface area contributed by atoms with Gasteiger partial charge in [-0.2, -0.15) is 5.10 Å². The molecule has 86 valence electrons. The van der Waals surface area contributed by atoms with Gasteiger partial charge in [0.1, 0.15) is 11.6 Å². The quantitative estimate of drug-likeness (QED) is 0.780. The summed E-state index contributed by atoms with van der Waals surface area (Å²) < 4.78 is 1.69. The summed E-state index contributed by atoms with van der Waals surface area (Å²) in [5.74, 6) is 2.26. The lowest BCUT2D eigenvalue weighted by Gasteiger charge is -1.98.